The number of nitrogens with zero attached hydrogens (tertiary/aromatic N) is 2. The van der Waals surface area contributed by atoms with E-state index in [2.05, 4.69) is 65.6 Å². The summed E-state index contributed by atoms with van der Waals surface area (Å²) in [6.07, 6.45) is 3.73. The first kappa shape index (κ1) is 13.7. The van der Waals surface area contributed by atoms with Gasteiger partial charge in [0.05, 0.1) is 11.0 Å². The van der Waals surface area contributed by atoms with E-state index >= 15 is 0 Å². The van der Waals surface area contributed by atoms with Crippen molar-refractivity contribution in [2.75, 3.05) is 0 Å². The lowest BCUT2D eigenvalue weighted by molar-refractivity contribution is 1.42. The fourth-order valence-electron chi connectivity index (χ4n) is 4.23. The van der Waals surface area contributed by atoms with Gasteiger partial charge in [-0.1, -0.05) is 54.6 Å². The minimum atomic E-state index is 1.02. The number of hydrogen-bond acceptors (Lipinski definition) is 2. The molecule has 0 bridgehead atoms. The van der Waals surface area contributed by atoms with E-state index in [1.54, 1.807) is 0 Å². The fourth-order valence-corrected chi connectivity index (χ4v) is 4.23. The van der Waals surface area contributed by atoms with Crippen LogP contribution in [0.15, 0.2) is 85.2 Å². The average molecular weight is 330 g/mol. The average Bonchev–Trinajstić information content (AvgIpc) is 2.73. The van der Waals surface area contributed by atoms with Crippen molar-refractivity contribution in [3.05, 3.63) is 85.2 Å². The maximum Gasteiger partial charge on any atom is 0.0787 e. The molecule has 2 heteroatoms. The van der Waals surface area contributed by atoms with E-state index in [1.807, 2.05) is 24.5 Å². The van der Waals surface area contributed by atoms with Crippen molar-refractivity contribution in [3.63, 3.8) is 0 Å². The number of rotatable bonds is 0. The zero-order chi connectivity index (χ0) is 17.1. The minimum absolute atomic E-state index is 1.02. The summed E-state index contributed by atoms with van der Waals surface area (Å²) in [5.74, 6) is 0. The zero-order valence-electron chi connectivity index (χ0n) is 14.0. The monoisotopic (exact) mass is 330 g/mol. The van der Waals surface area contributed by atoms with Crippen LogP contribution >= 0.6 is 0 Å². The summed E-state index contributed by atoms with van der Waals surface area (Å²) in [5, 5.41) is 9.86. The van der Waals surface area contributed by atoms with Crippen LogP contribution in [0.5, 0.6) is 0 Å². The number of fused-ring (bicyclic) bond motifs is 10. The SMILES string of the molecule is c1ccc2c(c1)ccc1c3ncccc3c3c4cccnc4ccc3c21. The summed E-state index contributed by atoms with van der Waals surface area (Å²) in [7, 11) is 0. The van der Waals surface area contributed by atoms with Gasteiger partial charge in [-0.2, -0.15) is 0 Å². The molecular formula is C24H14N2. The smallest absolute Gasteiger partial charge is 0.0787 e. The maximum atomic E-state index is 4.75. The normalized spacial score (nSPS) is 11.8. The van der Waals surface area contributed by atoms with Crippen molar-refractivity contribution < 1.29 is 0 Å². The lowest BCUT2D eigenvalue weighted by Crippen LogP contribution is -1.89. The van der Waals surface area contributed by atoms with E-state index in [0.717, 1.165) is 11.0 Å². The van der Waals surface area contributed by atoms with Crippen molar-refractivity contribution in [2.24, 2.45) is 0 Å². The third kappa shape index (κ3) is 1.71. The lowest BCUT2D eigenvalue weighted by Gasteiger charge is -2.13. The fraction of sp³-hybridized carbons (Fsp3) is 0. The highest BCUT2D eigenvalue weighted by atomic mass is 14.7. The summed E-state index contributed by atoms with van der Waals surface area (Å²) < 4.78 is 0. The first-order valence-corrected chi connectivity index (χ1v) is 8.77. The summed E-state index contributed by atoms with van der Waals surface area (Å²) in [6.45, 7) is 0. The standard InChI is InChI=1S/C24H14N2/c1-2-6-16-15(5-1)9-10-20-22(16)18-11-12-21-17(7-3-13-25-21)23(18)19-8-4-14-26-24(19)20/h1-14H. The number of pyridine rings is 2. The Kier molecular flexibility index (Phi) is 2.64. The molecule has 0 unspecified atom stereocenters. The van der Waals surface area contributed by atoms with Crippen LogP contribution in [0.25, 0.3) is 54.1 Å². The number of aromatic nitrogens is 2. The third-order valence-corrected chi connectivity index (χ3v) is 5.32. The van der Waals surface area contributed by atoms with Gasteiger partial charge >= 0.3 is 0 Å². The molecule has 0 spiro atoms. The Morgan fingerprint density at radius 2 is 1.15 bits per heavy atom. The molecule has 26 heavy (non-hydrogen) atoms. The summed E-state index contributed by atoms with van der Waals surface area (Å²) in [6, 6.07) is 25.7. The molecule has 0 aliphatic carbocycles. The molecule has 120 valence electrons. The summed E-state index contributed by atoms with van der Waals surface area (Å²) in [5.41, 5.74) is 2.07. The topological polar surface area (TPSA) is 25.8 Å². The molecule has 4 aromatic carbocycles. The molecule has 0 atom stereocenters. The molecule has 0 saturated carbocycles. The van der Waals surface area contributed by atoms with Gasteiger partial charge in [0.1, 0.15) is 0 Å². The van der Waals surface area contributed by atoms with Crippen LogP contribution in [0.3, 0.4) is 0 Å². The quantitative estimate of drug-likeness (QED) is 0.308. The van der Waals surface area contributed by atoms with Gasteiger partial charge in [0.2, 0.25) is 0 Å². The van der Waals surface area contributed by atoms with Crippen LogP contribution in [0.1, 0.15) is 0 Å². The first-order chi connectivity index (χ1) is 12.9. The molecule has 2 aromatic heterocycles. The molecular weight excluding hydrogens is 316 g/mol. The summed E-state index contributed by atoms with van der Waals surface area (Å²) in [4.78, 5) is 9.31. The van der Waals surface area contributed by atoms with Crippen LogP contribution in [-0.4, -0.2) is 9.97 Å². The molecule has 0 aliphatic rings. The molecule has 2 heterocycles. The Balaban J connectivity index is 2.06. The Labute approximate surface area is 149 Å². The predicted octanol–water partition coefficient (Wildman–Crippen LogP) is 6.24. The lowest BCUT2D eigenvalue weighted by atomic mass is 9.91. The second-order valence-electron chi connectivity index (χ2n) is 6.67. The molecule has 2 nitrogen and oxygen atoms in total. The van der Waals surface area contributed by atoms with E-state index in [-0.39, 0.29) is 0 Å². The molecule has 0 fully saturated rings. The van der Waals surface area contributed by atoms with Gasteiger partial charge in [-0.15, -0.1) is 0 Å². The van der Waals surface area contributed by atoms with Crippen LogP contribution in [0.2, 0.25) is 0 Å². The van der Waals surface area contributed by atoms with Gasteiger partial charge in [-0.05, 0) is 39.7 Å². The van der Waals surface area contributed by atoms with Gasteiger partial charge in [0.25, 0.3) is 0 Å². The van der Waals surface area contributed by atoms with Gasteiger partial charge in [0, 0.05) is 33.9 Å². The number of hydrogen-bond donors (Lipinski definition) is 0. The van der Waals surface area contributed by atoms with E-state index in [9.17, 15) is 0 Å². The van der Waals surface area contributed by atoms with E-state index < -0.39 is 0 Å². The minimum Gasteiger partial charge on any atom is -0.256 e. The molecule has 0 amide bonds. The van der Waals surface area contributed by atoms with E-state index in [1.165, 1.54) is 43.1 Å². The zero-order valence-corrected chi connectivity index (χ0v) is 14.0. The van der Waals surface area contributed by atoms with Crippen molar-refractivity contribution in [1.29, 1.82) is 0 Å². The first-order valence-electron chi connectivity index (χ1n) is 8.77. The van der Waals surface area contributed by atoms with Crippen molar-refractivity contribution >= 4 is 54.1 Å². The van der Waals surface area contributed by atoms with E-state index in [0.29, 0.717) is 0 Å². The highest BCUT2D eigenvalue weighted by molar-refractivity contribution is 6.34. The highest BCUT2D eigenvalue weighted by Gasteiger charge is 2.14. The predicted molar refractivity (Wildman–Crippen MR) is 110 cm³/mol. The third-order valence-electron chi connectivity index (χ3n) is 5.32. The van der Waals surface area contributed by atoms with Crippen molar-refractivity contribution in [1.82, 2.24) is 9.97 Å². The largest absolute Gasteiger partial charge is 0.256 e. The summed E-state index contributed by atoms with van der Waals surface area (Å²) >= 11 is 0. The molecule has 0 N–H and O–H groups in total. The Morgan fingerprint density at radius 3 is 2.12 bits per heavy atom. The van der Waals surface area contributed by atoms with Gasteiger partial charge in [0.15, 0.2) is 0 Å². The molecule has 6 aromatic rings. The highest BCUT2D eigenvalue weighted by Crippen LogP contribution is 2.40. The van der Waals surface area contributed by atoms with Gasteiger partial charge < -0.3 is 0 Å². The molecule has 0 aliphatic heterocycles. The molecule has 0 saturated heterocycles. The van der Waals surface area contributed by atoms with Crippen LogP contribution in [-0.2, 0) is 0 Å². The second kappa shape index (κ2) is 4.99. The van der Waals surface area contributed by atoms with Crippen molar-refractivity contribution in [2.45, 2.75) is 0 Å². The Morgan fingerprint density at radius 1 is 0.462 bits per heavy atom. The van der Waals surface area contributed by atoms with Gasteiger partial charge in [-0.3, -0.25) is 9.97 Å². The maximum absolute atomic E-state index is 4.75. The van der Waals surface area contributed by atoms with Crippen LogP contribution in [0.4, 0.5) is 0 Å². The Bertz CT molecular complexity index is 1410. The van der Waals surface area contributed by atoms with Crippen LogP contribution < -0.4 is 0 Å². The van der Waals surface area contributed by atoms with E-state index in [4.69, 9.17) is 4.98 Å². The Hall–Kier alpha value is -3.52. The molecule has 6 rings (SSSR count). The second-order valence-corrected chi connectivity index (χ2v) is 6.67. The van der Waals surface area contributed by atoms with Crippen molar-refractivity contribution in [3.8, 4) is 0 Å². The van der Waals surface area contributed by atoms with Crippen LogP contribution in [0, 0.1) is 0 Å². The molecule has 0 radical (unpaired) electrons. The van der Waals surface area contributed by atoms with Gasteiger partial charge in [-0.25, -0.2) is 0 Å². The number of benzene rings is 4.